The first-order chi connectivity index (χ1) is 14.7. The number of hydrogen-bond acceptors (Lipinski definition) is 6. The summed E-state index contributed by atoms with van der Waals surface area (Å²) in [6.45, 7) is 3.45. The minimum Gasteiger partial charge on any atom is -0.352 e. The van der Waals surface area contributed by atoms with Crippen LogP contribution in [0.15, 0.2) is 48.7 Å². The van der Waals surface area contributed by atoms with Crippen LogP contribution < -0.4 is 10.2 Å². The number of fused-ring (bicyclic) bond motifs is 1. The van der Waals surface area contributed by atoms with E-state index in [0.717, 1.165) is 40.6 Å². The van der Waals surface area contributed by atoms with Crippen molar-refractivity contribution < 1.29 is 9.59 Å². The van der Waals surface area contributed by atoms with Crippen LogP contribution in [-0.2, 0) is 16.1 Å². The number of anilines is 1. The Morgan fingerprint density at radius 1 is 1.00 bits per heavy atom. The van der Waals surface area contributed by atoms with E-state index in [1.165, 1.54) is 0 Å². The molecule has 0 radical (unpaired) electrons. The van der Waals surface area contributed by atoms with Crippen LogP contribution in [0.25, 0.3) is 10.3 Å². The van der Waals surface area contributed by atoms with Gasteiger partial charge in [-0.25, -0.2) is 9.97 Å². The number of carbonyl (C=O) groups excluding carboxylic acids is 2. The third-order valence-electron chi connectivity index (χ3n) is 5.17. The molecule has 0 aliphatic carbocycles. The lowest BCUT2D eigenvalue weighted by molar-refractivity contribution is -0.133. The zero-order chi connectivity index (χ0) is 20.8. The van der Waals surface area contributed by atoms with Crippen molar-refractivity contribution in [1.29, 1.82) is 0 Å². The molecular weight excluding hydrogens is 398 g/mol. The van der Waals surface area contributed by atoms with Gasteiger partial charge in [0.1, 0.15) is 10.3 Å². The van der Waals surface area contributed by atoms with Crippen LogP contribution in [-0.4, -0.2) is 52.9 Å². The van der Waals surface area contributed by atoms with Gasteiger partial charge in [-0.3, -0.25) is 9.59 Å². The molecule has 1 fully saturated rings. The number of nitrogens with zero attached hydrogens (tertiary/aromatic N) is 4. The lowest BCUT2D eigenvalue weighted by atomic mass is 10.2. The highest BCUT2D eigenvalue weighted by Crippen LogP contribution is 2.27. The molecular formula is C22H25N5O2S. The third-order valence-corrected chi connectivity index (χ3v) is 6.21. The third kappa shape index (κ3) is 5.13. The first kappa shape index (κ1) is 20.3. The highest BCUT2D eigenvalue weighted by atomic mass is 32.1. The van der Waals surface area contributed by atoms with Crippen molar-refractivity contribution in [2.45, 2.75) is 25.8 Å². The summed E-state index contributed by atoms with van der Waals surface area (Å²) >= 11 is 1.59. The Morgan fingerprint density at radius 3 is 2.70 bits per heavy atom. The van der Waals surface area contributed by atoms with Crippen LogP contribution in [0.1, 0.15) is 24.8 Å². The Balaban J connectivity index is 1.24. The number of thiazole rings is 1. The van der Waals surface area contributed by atoms with Gasteiger partial charge in [0.15, 0.2) is 5.13 Å². The van der Waals surface area contributed by atoms with E-state index in [2.05, 4.69) is 20.2 Å². The van der Waals surface area contributed by atoms with Crippen molar-refractivity contribution in [2.24, 2.45) is 0 Å². The lowest BCUT2D eigenvalue weighted by Crippen LogP contribution is -2.36. The van der Waals surface area contributed by atoms with Crippen LogP contribution in [0.2, 0.25) is 0 Å². The second kappa shape index (κ2) is 9.67. The van der Waals surface area contributed by atoms with Crippen LogP contribution in [0.3, 0.4) is 0 Å². The second-order valence-corrected chi connectivity index (χ2v) is 8.26. The average Bonchev–Trinajstić information content (AvgIpc) is 3.06. The smallest absolute Gasteiger partial charge is 0.223 e. The quantitative estimate of drug-likeness (QED) is 0.660. The summed E-state index contributed by atoms with van der Waals surface area (Å²) in [5.41, 5.74) is 1.96. The Labute approximate surface area is 179 Å². The number of hydrogen-bond donors (Lipinski definition) is 1. The van der Waals surface area contributed by atoms with Gasteiger partial charge in [0, 0.05) is 51.8 Å². The lowest BCUT2D eigenvalue weighted by Gasteiger charge is -2.21. The molecule has 1 aromatic carbocycles. The van der Waals surface area contributed by atoms with Crippen LogP contribution in [0.4, 0.5) is 5.13 Å². The van der Waals surface area contributed by atoms with Gasteiger partial charge in [0.2, 0.25) is 11.8 Å². The van der Waals surface area contributed by atoms with E-state index in [1.54, 1.807) is 17.5 Å². The zero-order valence-electron chi connectivity index (χ0n) is 16.8. The van der Waals surface area contributed by atoms with Gasteiger partial charge in [-0.1, -0.05) is 41.7 Å². The molecule has 2 aromatic heterocycles. The van der Waals surface area contributed by atoms with Crippen molar-refractivity contribution in [3.05, 3.63) is 54.2 Å². The molecule has 0 saturated carbocycles. The Morgan fingerprint density at radius 2 is 1.87 bits per heavy atom. The van der Waals surface area contributed by atoms with Crippen LogP contribution in [0.5, 0.6) is 0 Å². The fraction of sp³-hybridized carbons (Fsp3) is 0.364. The molecule has 0 atom stereocenters. The second-order valence-electron chi connectivity index (χ2n) is 7.31. The molecule has 7 nitrogen and oxygen atoms in total. The fourth-order valence-corrected chi connectivity index (χ4v) is 4.48. The number of amides is 2. The number of carbonyl (C=O) groups is 2. The van der Waals surface area contributed by atoms with Crippen LogP contribution >= 0.6 is 11.3 Å². The van der Waals surface area contributed by atoms with E-state index in [-0.39, 0.29) is 24.7 Å². The fourth-order valence-electron chi connectivity index (χ4n) is 3.52. The van der Waals surface area contributed by atoms with Crippen molar-refractivity contribution in [1.82, 2.24) is 20.2 Å². The zero-order valence-corrected chi connectivity index (χ0v) is 17.6. The number of pyridine rings is 1. The number of benzene rings is 1. The predicted molar refractivity (Wildman–Crippen MR) is 118 cm³/mol. The minimum atomic E-state index is -0.0920. The van der Waals surface area contributed by atoms with Gasteiger partial charge in [-0.15, -0.1) is 0 Å². The summed E-state index contributed by atoms with van der Waals surface area (Å²) in [7, 11) is 0. The standard InChI is InChI=1S/C22H25N5O2S/c28-19(24-16-17-6-2-1-3-7-17)9-10-20(29)26-12-5-13-27(15-14-26)22-25-18-8-4-11-23-21(18)30-22/h1-4,6-8,11H,5,9-10,12-16H2,(H,24,28). The van der Waals surface area contributed by atoms with Gasteiger partial charge in [-0.05, 0) is 24.1 Å². The van der Waals surface area contributed by atoms with Crippen molar-refractivity contribution >= 4 is 38.6 Å². The molecule has 1 aliphatic rings. The van der Waals surface area contributed by atoms with Crippen molar-refractivity contribution in [3.63, 3.8) is 0 Å². The molecule has 2 amide bonds. The van der Waals surface area contributed by atoms with Crippen LogP contribution in [0, 0.1) is 0 Å². The maximum atomic E-state index is 12.6. The average molecular weight is 424 g/mol. The summed E-state index contributed by atoms with van der Waals surface area (Å²) in [5, 5.41) is 3.84. The van der Waals surface area contributed by atoms with E-state index in [4.69, 9.17) is 0 Å². The van der Waals surface area contributed by atoms with E-state index in [0.29, 0.717) is 19.6 Å². The monoisotopic (exact) mass is 423 g/mol. The molecule has 30 heavy (non-hydrogen) atoms. The van der Waals surface area contributed by atoms with Gasteiger partial charge in [0.05, 0.1) is 0 Å². The van der Waals surface area contributed by atoms with Gasteiger partial charge in [-0.2, -0.15) is 0 Å². The topological polar surface area (TPSA) is 78.4 Å². The summed E-state index contributed by atoms with van der Waals surface area (Å²) in [6, 6.07) is 13.6. The van der Waals surface area contributed by atoms with Gasteiger partial charge >= 0.3 is 0 Å². The van der Waals surface area contributed by atoms with Crippen molar-refractivity contribution in [2.75, 3.05) is 31.1 Å². The number of rotatable bonds is 6. The summed E-state index contributed by atoms with van der Waals surface area (Å²) in [4.78, 5) is 38.8. The van der Waals surface area contributed by atoms with E-state index in [1.807, 2.05) is 47.4 Å². The maximum absolute atomic E-state index is 12.6. The maximum Gasteiger partial charge on any atom is 0.223 e. The SMILES string of the molecule is O=C(CCC(=O)N1CCCN(c2nc3cccnc3s2)CC1)NCc1ccccc1. The molecule has 1 N–H and O–H groups in total. The Kier molecular flexibility index (Phi) is 6.53. The number of aromatic nitrogens is 2. The van der Waals surface area contributed by atoms with E-state index < -0.39 is 0 Å². The molecule has 0 spiro atoms. The molecule has 4 rings (SSSR count). The van der Waals surface area contributed by atoms with E-state index in [9.17, 15) is 9.59 Å². The Hall–Kier alpha value is -3.00. The predicted octanol–water partition coefficient (Wildman–Crippen LogP) is 2.83. The number of nitrogens with one attached hydrogen (secondary N) is 1. The highest BCUT2D eigenvalue weighted by molar-refractivity contribution is 7.21. The molecule has 3 aromatic rings. The summed E-state index contributed by atoms with van der Waals surface area (Å²) in [6.07, 6.45) is 3.12. The first-order valence-electron chi connectivity index (χ1n) is 10.2. The largest absolute Gasteiger partial charge is 0.352 e. The Bertz CT molecular complexity index is 974. The molecule has 8 heteroatoms. The molecule has 1 aliphatic heterocycles. The minimum absolute atomic E-state index is 0.0395. The summed E-state index contributed by atoms with van der Waals surface area (Å²) in [5.74, 6) is -0.0525. The molecule has 0 unspecified atom stereocenters. The first-order valence-corrected chi connectivity index (χ1v) is 11.1. The van der Waals surface area contributed by atoms with Crippen molar-refractivity contribution in [3.8, 4) is 0 Å². The molecule has 1 saturated heterocycles. The normalized spacial score (nSPS) is 14.5. The summed E-state index contributed by atoms with van der Waals surface area (Å²) < 4.78 is 0. The highest BCUT2D eigenvalue weighted by Gasteiger charge is 2.21. The molecule has 0 bridgehead atoms. The van der Waals surface area contributed by atoms with Gasteiger partial charge in [0.25, 0.3) is 0 Å². The molecule has 156 valence electrons. The van der Waals surface area contributed by atoms with E-state index >= 15 is 0 Å². The molecule has 3 heterocycles. The van der Waals surface area contributed by atoms with Gasteiger partial charge < -0.3 is 15.1 Å².